The zero-order chi connectivity index (χ0) is 9.90. The summed E-state index contributed by atoms with van der Waals surface area (Å²) in [5.41, 5.74) is 6.05. The van der Waals surface area contributed by atoms with Crippen LogP contribution in [0, 0.1) is 17.3 Å². The van der Waals surface area contributed by atoms with Crippen LogP contribution < -0.4 is 5.73 Å². The van der Waals surface area contributed by atoms with Gasteiger partial charge in [0, 0.05) is 0 Å². The van der Waals surface area contributed by atoms with Gasteiger partial charge in [-0.3, -0.25) is 0 Å². The average Bonchev–Trinajstić information content (AvgIpc) is 2.47. The van der Waals surface area contributed by atoms with Gasteiger partial charge in [0.25, 0.3) is 0 Å². The van der Waals surface area contributed by atoms with Crippen LogP contribution in [0.5, 0.6) is 0 Å². The van der Waals surface area contributed by atoms with Crippen molar-refractivity contribution >= 4 is 0 Å². The van der Waals surface area contributed by atoms with Gasteiger partial charge in [0.15, 0.2) is 0 Å². The molecule has 1 aliphatic rings. The zero-order valence-corrected chi connectivity index (χ0v) is 9.47. The lowest BCUT2D eigenvalue weighted by Crippen LogP contribution is -2.17. The first-order valence-electron chi connectivity index (χ1n) is 5.74. The first-order chi connectivity index (χ1) is 6.04. The van der Waals surface area contributed by atoms with Crippen molar-refractivity contribution in [1.29, 1.82) is 0 Å². The van der Waals surface area contributed by atoms with Crippen molar-refractivity contribution < 1.29 is 0 Å². The van der Waals surface area contributed by atoms with Gasteiger partial charge >= 0.3 is 0 Å². The molecule has 1 nitrogen and oxygen atoms in total. The number of hydrogen-bond donors (Lipinski definition) is 1. The van der Waals surface area contributed by atoms with E-state index in [4.69, 9.17) is 5.73 Å². The molecular weight excluding hydrogens is 158 g/mol. The second-order valence-corrected chi connectivity index (χ2v) is 5.67. The number of hydrogen-bond acceptors (Lipinski definition) is 1. The molecule has 0 aromatic carbocycles. The second-order valence-electron chi connectivity index (χ2n) is 5.67. The Morgan fingerprint density at radius 3 is 2.38 bits per heavy atom. The third-order valence-corrected chi connectivity index (χ3v) is 3.58. The lowest BCUT2D eigenvalue weighted by Gasteiger charge is -2.26. The smallest absolute Gasteiger partial charge is 0.00772 e. The molecule has 2 unspecified atom stereocenters. The minimum Gasteiger partial charge on any atom is -0.330 e. The van der Waals surface area contributed by atoms with E-state index < -0.39 is 0 Å². The summed E-state index contributed by atoms with van der Waals surface area (Å²) in [5.74, 6) is 1.93. The summed E-state index contributed by atoms with van der Waals surface area (Å²) in [5, 5.41) is 0. The van der Waals surface area contributed by atoms with Gasteiger partial charge in [-0.25, -0.2) is 0 Å². The van der Waals surface area contributed by atoms with E-state index in [0.717, 1.165) is 18.4 Å². The molecule has 1 saturated carbocycles. The molecule has 2 atom stereocenters. The fourth-order valence-electron chi connectivity index (χ4n) is 2.53. The Labute approximate surface area is 83.1 Å². The minimum atomic E-state index is 0.525. The van der Waals surface area contributed by atoms with Gasteiger partial charge in [0.05, 0.1) is 0 Å². The summed E-state index contributed by atoms with van der Waals surface area (Å²) in [6.45, 7) is 8.01. The van der Waals surface area contributed by atoms with Crippen LogP contribution in [0.3, 0.4) is 0 Å². The molecule has 0 aromatic rings. The van der Waals surface area contributed by atoms with Crippen molar-refractivity contribution in [2.45, 2.75) is 52.9 Å². The highest BCUT2D eigenvalue weighted by Crippen LogP contribution is 2.43. The van der Waals surface area contributed by atoms with Crippen molar-refractivity contribution in [3.05, 3.63) is 0 Å². The summed E-state index contributed by atoms with van der Waals surface area (Å²) in [6.07, 6.45) is 6.93. The Kier molecular flexibility index (Phi) is 3.78. The van der Waals surface area contributed by atoms with Gasteiger partial charge in [-0.15, -0.1) is 0 Å². The Bertz CT molecular complexity index is 146. The quantitative estimate of drug-likeness (QED) is 0.714. The van der Waals surface area contributed by atoms with Crippen molar-refractivity contribution in [2.24, 2.45) is 23.0 Å². The highest BCUT2D eigenvalue weighted by Gasteiger charge is 2.32. The van der Waals surface area contributed by atoms with E-state index in [0.29, 0.717) is 5.41 Å². The maximum absolute atomic E-state index is 5.53. The van der Waals surface area contributed by atoms with Crippen molar-refractivity contribution in [1.82, 2.24) is 0 Å². The summed E-state index contributed by atoms with van der Waals surface area (Å²) < 4.78 is 0. The Morgan fingerprint density at radius 1 is 1.23 bits per heavy atom. The lowest BCUT2D eigenvalue weighted by atomic mass is 9.79. The first kappa shape index (κ1) is 11.0. The summed E-state index contributed by atoms with van der Waals surface area (Å²) in [6, 6.07) is 0. The van der Waals surface area contributed by atoms with Crippen LogP contribution in [0.25, 0.3) is 0 Å². The Hall–Kier alpha value is -0.0400. The van der Waals surface area contributed by atoms with Gasteiger partial charge in [0.2, 0.25) is 0 Å². The van der Waals surface area contributed by atoms with Crippen molar-refractivity contribution in [3.63, 3.8) is 0 Å². The molecule has 1 fully saturated rings. The van der Waals surface area contributed by atoms with Crippen LogP contribution in [0.4, 0.5) is 0 Å². The monoisotopic (exact) mass is 183 g/mol. The summed E-state index contributed by atoms with van der Waals surface area (Å²) in [7, 11) is 0. The Morgan fingerprint density at radius 2 is 1.92 bits per heavy atom. The molecule has 0 spiro atoms. The standard InChI is InChI=1S/C12H25N/c1-12(2,3)11-7-6-10(9-11)5-4-8-13/h10-11H,4-9,13H2,1-3H3. The fourth-order valence-corrected chi connectivity index (χ4v) is 2.53. The van der Waals surface area contributed by atoms with Crippen LogP contribution in [0.1, 0.15) is 52.9 Å². The molecule has 0 heterocycles. The number of nitrogens with two attached hydrogens (primary N) is 1. The van der Waals surface area contributed by atoms with E-state index >= 15 is 0 Å². The predicted octanol–water partition coefficient (Wildman–Crippen LogP) is 3.19. The molecule has 1 rings (SSSR count). The third kappa shape index (κ3) is 3.30. The summed E-state index contributed by atoms with van der Waals surface area (Å²) in [4.78, 5) is 0. The highest BCUT2D eigenvalue weighted by molar-refractivity contribution is 4.83. The van der Waals surface area contributed by atoms with E-state index in [-0.39, 0.29) is 0 Å². The van der Waals surface area contributed by atoms with Gasteiger partial charge < -0.3 is 5.73 Å². The van der Waals surface area contributed by atoms with E-state index in [1.165, 1.54) is 32.1 Å². The molecular formula is C12H25N. The van der Waals surface area contributed by atoms with Crippen molar-refractivity contribution in [2.75, 3.05) is 6.54 Å². The normalized spacial score (nSPS) is 29.5. The highest BCUT2D eigenvalue weighted by atomic mass is 14.5. The molecule has 78 valence electrons. The minimum absolute atomic E-state index is 0.525. The predicted molar refractivity (Wildman–Crippen MR) is 58.6 cm³/mol. The van der Waals surface area contributed by atoms with Gasteiger partial charge in [0.1, 0.15) is 0 Å². The maximum atomic E-state index is 5.53. The molecule has 2 N–H and O–H groups in total. The van der Waals surface area contributed by atoms with Crippen LogP contribution >= 0.6 is 0 Å². The van der Waals surface area contributed by atoms with E-state index in [2.05, 4.69) is 20.8 Å². The van der Waals surface area contributed by atoms with Crippen molar-refractivity contribution in [3.8, 4) is 0 Å². The van der Waals surface area contributed by atoms with E-state index in [1.54, 1.807) is 0 Å². The third-order valence-electron chi connectivity index (χ3n) is 3.58. The van der Waals surface area contributed by atoms with Gasteiger partial charge in [-0.1, -0.05) is 27.2 Å². The SMILES string of the molecule is CC(C)(C)C1CCC(CCCN)C1. The van der Waals surface area contributed by atoms with Gasteiger partial charge in [-0.2, -0.15) is 0 Å². The Balaban J connectivity index is 2.28. The molecule has 13 heavy (non-hydrogen) atoms. The van der Waals surface area contributed by atoms with Crippen LogP contribution in [-0.4, -0.2) is 6.54 Å². The molecule has 0 aromatic heterocycles. The lowest BCUT2D eigenvalue weighted by molar-refractivity contribution is 0.237. The topological polar surface area (TPSA) is 26.0 Å². The molecule has 1 heteroatoms. The molecule has 0 radical (unpaired) electrons. The van der Waals surface area contributed by atoms with E-state index in [9.17, 15) is 0 Å². The van der Waals surface area contributed by atoms with Crippen LogP contribution in [0.15, 0.2) is 0 Å². The molecule has 0 bridgehead atoms. The number of rotatable bonds is 3. The largest absolute Gasteiger partial charge is 0.330 e. The molecule has 0 saturated heterocycles. The average molecular weight is 183 g/mol. The molecule has 1 aliphatic carbocycles. The second kappa shape index (κ2) is 4.45. The van der Waals surface area contributed by atoms with Gasteiger partial charge in [-0.05, 0) is 49.5 Å². The van der Waals surface area contributed by atoms with Crippen LogP contribution in [-0.2, 0) is 0 Å². The molecule has 0 aliphatic heterocycles. The fraction of sp³-hybridized carbons (Fsp3) is 1.00. The maximum Gasteiger partial charge on any atom is -0.00772 e. The van der Waals surface area contributed by atoms with E-state index in [1.807, 2.05) is 0 Å². The first-order valence-corrected chi connectivity index (χ1v) is 5.74. The zero-order valence-electron chi connectivity index (χ0n) is 9.47. The summed E-state index contributed by atoms with van der Waals surface area (Å²) >= 11 is 0. The van der Waals surface area contributed by atoms with Crippen LogP contribution in [0.2, 0.25) is 0 Å². The molecule has 0 amide bonds.